The van der Waals surface area contributed by atoms with E-state index in [0.29, 0.717) is 24.4 Å². The van der Waals surface area contributed by atoms with Crippen molar-refractivity contribution < 1.29 is 22.7 Å². The number of methoxy groups -OCH3 is 1. The van der Waals surface area contributed by atoms with Crippen molar-refractivity contribution in [2.75, 3.05) is 20.2 Å². The molecule has 0 fully saturated rings. The Kier molecular flexibility index (Phi) is 7.24. The van der Waals surface area contributed by atoms with Crippen LogP contribution in [0.15, 0.2) is 47.4 Å². The van der Waals surface area contributed by atoms with Gasteiger partial charge in [0.05, 0.1) is 22.6 Å². The number of nitrogens with zero attached hydrogens (tertiary/aromatic N) is 1. The average Bonchev–Trinajstić information content (AvgIpc) is 2.67. The number of ether oxygens (including phenoxy) is 2. The molecule has 2 aromatic carbocycles. The van der Waals surface area contributed by atoms with Crippen LogP contribution < -0.4 is 4.74 Å². The van der Waals surface area contributed by atoms with Gasteiger partial charge >= 0.3 is 5.97 Å². The van der Waals surface area contributed by atoms with Gasteiger partial charge in [0.1, 0.15) is 12.4 Å². The first-order valence-corrected chi connectivity index (χ1v) is 10.3. The standard InChI is InChI=1S/C19H22ClNO5S/c1-4-21(5-2)27(23,24)15-10-11-17(20)16(12-15)19(22)26-13-14-8-6-7-9-18(14)25-3/h6-12H,4-5,13H2,1-3H3. The molecule has 0 unspecified atom stereocenters. The minimum absolute atomic E-state index is 0.000147. The summed E-state index contributed by atoms with van der Waals surface area (Å²) in [5.41, 5.74) is 0.691. The third-order valence-electron chi connectivity index (χ3n) is 4.05. The largest absolute Gasteiger partial charge is 0.496 e. The highest BCUT2D eigenvalue weighted by Gasteiger charge is 2.24. The predicted molar refractivity (Wildman–Crippen MR) is 104 cm³/mol. The Balaban J connectivity index is 2.26. The van der Waals surface area contributed by atoms with E-state index in [1.54, 1.807) is 32.0 Å². The van der Waals surface area contributed by atoms with E-state index in [0.717, 1.165) is 0 Å². The molecule has 0 atom stereocenters. The number of esters is 1. The molecule has 0 aromatic heterocycles. The third-order valence-corrected chi connectivity index (χ3v) is 6.43. The van der Waals surface area contributed by atoms with E-state index in [9.17, 15) is 13.2 Å². The van der Waals surface area contributed by atoms with Crippen LogP contribution in [-0.2, 0) is 21.4 Å². The Bertz CT molecular complexity index is 910. The molecule has 0 aliphatic rings. The third kappa shape index (κ3) is 4.80. The van der Waals surface area contributed by atoms with Crippen LogP contribution in [0.1, 0.15) is 29.8 Å². The minimum Gasteiger partial charge on any atom is -0.496 e. The molecule has 6 nitrogen and oxygen atoms in total. The summed E-state index contributed by atoms with van der Waals surface area (Å²) in [6, 6.07) is 11.2. The Labute approximate surface area is 164 Å². The lowest BCUT2D eigenvalue weighted by atomic mass is 10.2. The van der Waals surface area contributed by atoms with E-state index in [-0.39, 0.29) is 22.1 Å². The Hall–Kier alpha value is -2.09. The molecule has 0 N–H and O–H groups in total. The molecule has 8 heteroatoms. The van der Waals surface area contributed by atoms with Gasteiger partial charge in [-0.1, -0.05) is 43.6 Å². The topological polar surface area (TPSA) is 72.9 Å². The van der Waals surface area contributed by atoms with Crippen LogP contribution in [0.25, 0.3) is 0 Å². The molecule has 146 valence electrons. The molecule has 0 aliphatic carbocycles. The normalized spacial score (nSPS) is 11.4. The second kappa shape index (κ2) is 9.21. The van der Waals surface area contributed by atoms with Gasteiger partial charge in [-0.05, 0) is 24.3 Å². The highest BCUT2D eigenvalue weighted by molar-refractivity contribution is 7.89. The summed E-state index contributed by atoms with van der Waals surface area (Å²) < 4.78 is 37.1. The zero-order valence-corrected chi connectivity index (χ0v) is 17.0. The monoisotopic (exact) mass is 411 g/mol. The molecule has 0 radical (unpaired) electrons. The highest BCUT2D eigenvalue weighted by atomic mass is 35.5. The van der Waals surface area contributed by atoms with Crippen molar-refractivity contribution in [1.82, 2.24) is 4.31 Å². The lowest BCUT2D eigenvalue weighted by Gasteiger charge is -2.19. The fourth-order valence-corrected chi connectivity index (χ4v) is 4.26. The van der Waals surface area contributed by atoms with Gasteiger partial charge < -0.3 is 9.47 Å². The van der Waals surface area contributed by atoms with Crippen LogP contribution in [0.2, 0.25) is 5.02 Å². The molecule has 27 heavy (non-hydrogen) atoms. The van der Waals surface area contributed by atoms with Gasteiger partial charge in [-0.3, -0.25) is 0 Å². The highest BCUT2D eigenvalue weighted by Crippen LogP contribution is 2.25. The quantitative estimate of drug-likeness (QED) is 0.619. The first kappa shape index (κ1) is 21.2. The molecule has 0 amide bonds. The van der Waals surface area contributed by atoms with Crippen LogP contribution >= 0.6 is 11.6 Å². The van der Waals surface area contributed by atoms with E-state index >= 15 is 0 Å². The average molecular weight is 412 g/mol. The molecule has 0 saturated heterocycles. The van der Waals surface area contributed by atoms with Crippen molar-refractivity contribution >= 4 is 27.6 Å². The molecule has 0 bridgehead atoms. The molecule has 0 heterocycles. The maximum Gasteiger partial charge on any atom is 0.340 e. The number of hydrogen-bond donors (Lipinski definition) is 0. The molecule has 0 aliphatic heterocycles. The van der Waals surface area contributed by atoms with Gasteiger partial charge in [0.25, 0.3) is 0 Å². The van der Waals surface area contributed by atoms with Crippen molar-refractivity contribution in [3.8, 4) is 5.75 Å². The number of rotatable bonds is 8. The van der Waals surface area contributed by atoms with E-state index in [1.807, 2.05) is 6.07 Å². The summed E-state index contributed by atoms with van der Waals surface area (Å²) in [6.45, 7) is 4.13. The fourth-order valence-electron chi connectivity index (χ4n) is 2.58. The van der Waals surface area contributed by atoms with E-state index < -0.39 is 16.0 Å². The van der Waals surface area contributed by atoms with Crippen molar-refractivity contribution in [2.24, 2.45) is 0 Å². The van der Waals surface area contributed by atoms with Gasteiger partial charge in [-0.25, -0.2) is 13.2 Å². The Morgan fingerprint density at radius 1 is 1.11 bits per heavy atom. The first-order valence-electron chi connectivity index (χ1n) is 8.43. The van der Waals surface area contributed by atoms with E-state index in [4.69, 9.17) is 21.1 Å². The van der Waals surface area contributed by atoms with Gasteiger partial charge in [0.15, 0.2) is 0 Å². The number of halogens is 1. The van der Waals surface area contributed by atoms with Crippen LogP contribution in [0, 0.1) is 0 Å². The summed E-state index contributed by atoms with van der Waals surface area (Å²) >= 11 is 6.09. The zero-order valence-electron chi connectivity index (χ0n) is 15.4. The number of carbonyl (C=O) groups excluding carboxylic acids is 1. The molecular weight excluding hydrogens is 390 g/mol. The number of hydrogen-bond acceptors (Lipinski definition) is 5. The fraction of sp³-hybridized carbons (Fsp3) is 0.316. The van der Waals surface area contributed by atoms with Crippen LogP contribution in [0.3, 0.4) is 0 Å². The Morgan fingerprint density at radius 3 is 2.41 bits per heavy atom. The summed E-state index contributed by atoms with van der Waals surface area (Å²) in [4.78, 5) is 12.5. The van der Waals surface area contributed by atoms with Crippen LogP contribution in [0.4, 0.5) is 0 Å². The predicted octanol–water partition coefficient (Wildman–Crippen LogP) is 3.74. The maximum atomic E-state index is 12.7. The lowest BCUT2D eigenvalue weighted by molar-refractivity contribution is 0.0470. The maximum absolute atomic E-state index is 12.7. The van der Waals surface area contributed by atoms with Crippen LogP contribution in [0.5, 0.6) is 5.75 Å². The van der Waals surface area contributed by atoms with Gasteiger partial charge in [-0.2, -0.15) is 4.31 Å². The molecule has 0 saturated carbocycles. The molecular formula is C19H22ClNO5S. The van der Waals surface area contributed by atoms with Crippen molar-refractivity contribution in [2.45, 2.75) is 25.3 Å². The van der Waals surface area contributed by atoms with Gasteiger partial charge in [-0.15, -0.1) is 0 Å². The number of para-hydroxylation sites is 1. The molecule has 2 aromatic rings. The van der Waals surface area contributed by atoms with Crippen molar-refractivity contribution in [1.29, 1.82) is 0 Å². The Morgan fingerprint density at radius 2 is 1.78 bits per heavy atom. The first-order chi connectivity index (χ1) is 12.8. The smallest absolute Gasteiger partial charge is 0.340 e. The van der Waals surface area contributed by atoms with E-state index in [2.05, 4.69) is 0 Å². The number of carbonyl (C=O) groups is 1. The van der Waals surface area contributed by atoms with E-state index in [1.165, 1.54) is 29.6 Å². The minimum atomic E-state index is -3.70. The lowest BCUT2D eigenvalue weighted by Crippen LogP contribution is -2.30. The summed E-state index contributed by atoms with van der Waals surface area (Å²) in [6.07, 6.45) is 0. The number of benzene rings is 2. The van der Waals surface area contributed by atoms with Crippen LogP contribution in [-0.4, -0.2) is 38.9 Å². The van der Waals surface area contributed by atoms with Crippen molar-refractivity contribution in [3.05, 3.63) is 58.6 Å². The number of sulfonamides is 1. The molecule has 0 spiro atoms. The molecule has 2 rings (SSSR count). The SMILES string of the molecule is CCN(CC)S(=O)(=O)c1ccc(Cl)c(C(=O)OCc2ccccc2OC)c1. The second-order valence-electron chi connectivity index (χ2n) is 5.62. The van der Waals surface area contributed by atoms with Crippen molar-refractivity contribution in [3.63, 3.8) is 0 Å². The van der Waals surface area contributed by atoms with Gasteiger partial charge in [0, 0.05) is 18.7 Å². The van der Waals surface area contributed by atoms with Gasteiger partial charge in [0.2, 0.25) is 10.0 Å². The summed E-state index contributed by atoms with van der Waals surface area (Å²) in [5, 5.41) is 0.124. The second-order valence-corrected chi connectivity index (χ2v) is 7.96. The summed E-state index contributed by atoms with van der Waals surface area (Å²) in [7, 11) is -2.18. The zero-order chi connectivity index (χ0) is 20.0. The summed E-state index contributed by atoms with van der Waals surface area (Å²) in [5.74, 6) is -0.114.